The van der Waals surface area contributed by atoms with Gasteiger partial charge in [0.05, 0.1) is 23.7 Å². The molecule has 6 nitrogen and oxygen atoms in total. The fraction of sp³-hybridized carbons (Fsp3) is 0.333. The number of amides is 1. The van der Waals surface area contributed by atoms with E-state index in [2.05, 4.69) is 10.4 Å². The monoisotopic (exact) mass is 288 g/mol. The maximum absolute atomic E-state index is 12.0. The lowest BCUT2D eigenvalue weighted by molar-refractivity contribution is -0.116. The zero-order valence-corrected chi connectivity index (χ0v) is 12.5. The topological polar surface area (TPSA) is 82.2 Å². The number of rotatable bonds is 5. The van der Waals surface area contributed by atoms with E-state index in [0.717, 1.165) is 22.8 Å². The molecule has 0 bridgehead atoms. The molecule has 0 saturated carbocycles. The molecule has 0 saturated heterocycles. The first kappa shape index (κ1) is 14.9. The van der Waals surface area contributed by atoms with E-state index < -0.39 is 0 Å². The van der Waals surface area contributed by atoms with Gasteiger partial charge in [0.15, 0.2) is 0 Å². The molecule has 2 rings (SSSR count). The third-order valence-corrected chi connectivity index (χ3v) is 3.18. The summed E-state index contributed by atoms with van der Waals surface area (Å²) in [6.07, 6.45) is 0. The fourth-order valence-corrected chi connectivity index (χ4v) is 2.00. The highest BCUT2D eigenvalue weighted by molar-refractivity contribution is 5.90. The van der Waals surface area contributed by atoms with Crippen LogP contribution in [0.4, 0.5) is 11.4 Å². The summed E-state index contributed by atoms with van der Waals surface area (Å²) in [5, 5.41) is 7.06. The van der Waals surface area contributed by atoms with E-state index in [-0.39, 0.29) is 12.5 Å². The molecular formula is C15H20N4O2. The van der Waals surface area contributed by atoms with Crippen molar-refractivity contribution in [1.29, 1.82) is 0 Å². The van der Waals surface area contributed by atoms with Crippen LogP contribution < -0.4 is 15.8 Å². The number of benzene rings is 1. The summed E-state index contributed by atoms with van der Waals surface area (Å²) in [5.74, 6) is 0.631. The SMILES string of the molecule is CCOc1ccc(NC(=O)Cn2nc(C)c(N)c2C)cc1. The minimum absolute atomic E-state index is 0.136. The van der Waals surface area contributed by atoms with Crippen molar-refractivity contribution in [3.63, 3.8) is 0 Å². The zero-order chi connectivity index (χ0) is 15.4. The van der Waals surface area contributed by atoms with Crippen molar-refractivity contribution < 1.29 is 9.53 Å². The van der Waals surface area contributed by atoms with Crippen molar-refractivity contribution in [2.45, 2.75) is 27.3 Å². The number of hydrogen-bond acceptors (Lipinski definition) is 4. The predicted molar refractivity (Wildman–Crippen MR) is 82.4 cm³/mol. The smallest absolute Gasteiger partial charge is 0.246 e. The van der Waals surface area contributed by atoms with Crippen molar-refractivity contribution in [2.24, 2.45) is 0 Å². The van der Waals surface area contributed by atoms with Crippen LogP contribution in [0.15, 0.2) is 24.3 Å². The maximum atomic E-state index is 12.0. The summed E-state index contributed by atoms with van der Waals surface area (Å²) in [6, 6.07) is 7.25. The van der Waals surface area contributed by atoms with Crippen molar-refractivity contribution in [3.8, 4) is 5.75 Å². The molecule has 0 radical (unpaired) electrons. The number of nitrogen functional groups attached to an aromatic ring is 1. The number of anilines is 2. The van der Waals surface area contributed by atoms with E-state index >= 15 is 0 Å². The summed E-state index contributed by atoms with van der Waals surface area (Å²) < 4.78 is 6.96. The maximum Gasteiger partial charge on any atom is 0.246 e. The summed E-state index contributed by atoms with van der Waals surface area (Å²) in [5.41, 5.74) is 8.73. The molecule has 0 aliphatic carbocycles. The number of carbonyl (C=O) groups excluding carboxylic acids is 1. The molecule has 1 aromatic heterocycles. The van der Waals surface area contributed by atoms with Crippen molar-refractivity contribution in [2.75, 3.05) is 17.7 Å². The molecule has 21 heavy (non-hydrogen) atoms. The van der Waals surface area contributed by atoms with Gasteiger partial charge in [-0.3, -0.25) is 9.48 Å². The minimum atomic E-state index is -0.148. The van der Waals surface area contributed by atoms with Crippen LogP contribution in [0, 0.1) is 13.8 Å². The molecule has 112 valence electrons. The number of hydrogen-bond donors (Lipinski definition) is 2. The van der Waals surface area contributed by atoms with Crippen molar-refractivity contribution >= 4 is 17.3 Å². The Balaban J connectivity index is 1.99. The van der Waals surface area contributed by atoms with Crippen LogP contribution in [-0.2, 0) is 11.3 Å². The van der Waals surface area contributed by atoms with Crippen molar-refractivity contribution in [1.82, 2.24) is 9.78 Å². The molecule has 0 aliphatic heterocycles. The third-order valence-electron chi connectivity index (χ3n) is 3.18. The van der Waals surface area contributed by atoms with Gasteiger partial charge in [-0.2, -0.15) is 5.10 Å². The summed E-state index contributed by atoms with van der Waals surface area (Å²) in [4.78, 5) is 12.0. The van der Waals surface area contributed by atoms with Gasteiger partial charge in [0, 0.05) is 5.69 Å². The Morgan fingerprint density at radius 3 is 2.52 bits per heavy atom. The Morgan fingerprint density at radius 1 is 1.33 bits per heavy atom. The van der Waals surface area contributed by atoms with Gasteiger partial charge >= 0.3 is 0 Å². The zero-order valence-electron chi connectivity index (χ0n) is 12.5. The number of nitrogens with one attached hydrogen (secondary N) is 1. The normalized spacial score (nSPS) is 10.4. The second-order valence-corrected chi connectivity index (χ2v) is 4.75. The van der Waals surface area contributed by atoms with Gasteiger partial charge in [-0.1, -0.05) is 0 Å². The van der Waals surface area contributed by atoms with Gasteiger partial charge in [-0.25, -0.2) is 0 Å². The van der Waals surface area contributed by atoms with Crippen LogP contribution in [0.2, 0.25) is 0 Å². The second kappa shape index (κ2) is 6.30. The third kappa shape index (κ3) is 3.53. The van der Waals surface area contributed by atoms with E-state index in [4.69, 9.17) is 10.5 Å². The molecule has 3 N–H and O–H groups in total. The predicted octanol–water partition coefficient (Wildman–Crippen LogP) is 2.12. The number of carbonyl (C=O) groups is 1. The minimum Gasteiger partial charge on any atom is -0.494 e. The lowest BCUT2D eigenvalue weighted by atomic mass is 10.3. The first-order chi connectivity index (χ1) is 10.0. The number of aryl methyl sites for hydroxylation is 1. The Bertz CT molecular complexity index is 632. The highest BCUT2D eigenvalue weighted by Crippen LogP contribution is 2.17. The summed E-state index contributed by atoms with van der Waals surface area (Å²) in [7, 11) is 0. The molecule has 0 atom stereocenters. The van der Waals surface area contributed by atoms with Crippen LogP contribution >= 0.6 is 0 Å². The molecular weight excluding hydrogens is 268 g/mol. The molecule has 1 amide bonds. The standard InChI is InChI=1S/C15H20N4O2/c1-4-21-13-7-5-12(6-8-13)17-14(20)9-19-11(3)15(16)10(2)18-19/h5-8H,4,9,16H2,1-3H3,(H,17,20). The Labute approximate surface area is 123 Å². The molecule has 0 fully saturated rings. The summed E-state index contributed by atoms with van der Waals surface area (Å²) >= 11 is 0. The highest BCUT2D eigenvalue weighted by Gasteiger charge is 2.11. The number of aromatic nitrogens is 2. The summed E-state index contributed by atoms with van der Waals surface area (Å²) in [6.45, 7) is 6.35. The lowest BCUT2D eigenvalue weighted by Gasteiger charge is -2.08. The van der Waals surface area contributed by atoms with Crippen molar-refractivity contribution in [3.05, 3.63) is 35.7 Å². The van der Waals surface area contributed by atoms with Crippen LogP contribution in [0.25, 0.3) is 0 Å². The lowest BCUT2D eigenvalue weighted by Crippen LogP contribution is -2.20. The largest absolute Gasteiger partial charge is 0.494 e. The van der Waals surface area contributed by atoms with E-state index in [0.29, 0.717) is 12.3 Å². The molecule has 2 aromatic rings. The van der Waals surface area contributed by atoms with E-state index in [9.17, 15) is 4.79 Å². The molecule has 1 aromatic carbocycles. The average Bonchev–Trinajstić information content (AvgIpc) is 2.69. The number of nitrogens with zero attached hydrogens (tertiary/aromatic N) is 2. The van der Waals surface area contributed by atoms with E-state index in [1.165, 1.54) is 0 Å². The van der Waals surface area contributed by atoms with Crippen LogP contribution in [0.1, 0.15) is 18.3 Å². The molecule has 0 spiro atoms. The van der Waals surface area contributed by atoms with Gasteiger partial charge in [0.25, 0.3) is 0 Å². The number of nitrogens with two attached hydrogens (primary N) is 1. The Morgan fingerprint density at radius 2 is 2.00 bits per heavy atom. The average molecular weight is 288 g/mol. The molecule has 0 aliphatic rings. The Hall–Kier alpha value is -2.50. The fourth-order valence-electron chi connectivity index (χ4n) is 2.00. The molecule has 0 unspecified atom stereocenters. The van der Waals surface area contributed by atoms with Crippen LogP contribution in [0.5, 0.6) is 5.75 Å². The Kier molecular flexibility index (Phi) is 4.47. The van der Waals surface area contributed by atoms with Gasteiger partial charge in [0.1, 0.15) is 12.3 Å². The van der Waals surface area contributed by atoms with Gasteiger partial charge in [-0.05, 0) is 45.0 Å². The van der Waals surface area contributed by atoms with Crippen LogP contribution in [0.3, 0.4) is 0 Å². The highest BCUT2D eigenvalue weighted by atomic mass is 16.5. The van der Waals surface area contributed by atoms with Gasteiger partial charge in [-0.15, -0.1) is 0 Å². The van der Waals surface area contributed by atoms with Crippen LogP contribution in [-0.4, -0.2) is 22.3 Å². The van der Waals surface area contributed by atoms with Gasteiger partial charge < -0.3 is 15.8 Å². The molecule has 6 heteroatoms. The second-order valence-electron chi connectivity index (χ2n) is 4.75. The molecule has 1 heterocycles. The number of ether oxygens (including phenoxy) is 1. The van der Waals surface area contributed by atoms with Gasteiger partial charge in [0.2, 0.25) is 5.91 Å². The first-order valence-corrected chi connectivity index (χ1v) is 6.83. The van der Waals surface area contributed by atoms with E-state index in [1.807, 2.05) is 32.9 Å². The first-order valence-electron chi connectivity index (χ1n) is 6.83. The quantitative estimate of drug-likeness (QED) is 0.883. The van der Waals surface area contributed by atoms with E-state index in [1.54, 1.807) is 16.8 Å².